The number of hydrogen-bond acceptors (Lipinski definition) is 6. The predicted molar refractivity (Wildman–Crippen MR) is 71.0 cm³/mol. The van der Waals surface area contributed by atoms with Crippen LogP contribution in [0.25, 0.3) is 0 Å². The van der Waals surface area contributed by atoms with Gasteiger partial charge in [0, 0.05) is 0 Å². The molecule has 2 aromatic heterocycles. The van der Waals surface area contributed by atoms with Crippen molar-refractivity contribution in [3.8, 4) is 6.07 Å². The Bertz CT molecular complexity index is 805. The molecule has 0 spiro atoms. The van der Waals surface area contributed by atoms with Gasteiger partial charge in [-0.3, -0.25) is 4.72 Å². The van der Waals surface area contributed by atoms with Crippen molar-refractivity contribution >= 4 is 33.1 Å². The molecule has 0 aliphatic heterocycles. The summed E-state index contributed by atoms with van der Waals surface area (Å²) in [6.07, 6.45) is 0. The summed E-state index contributed by atoms with van der Waals surface area (Å²) in [7, 11) is -3.88. The lowest BCUT2D eigenvalue weighted by Gasteiger charge is -2.05. The highest BCUT2D eigenvalue weighted by Crippen LogP contribution is 2.22. The third kappa shape index (κ3) is 2.93. The highest BCUT2D eigenvalue weighted by Gasteiger charge is 2.18. The van der Waals surface area contributed by atoms with Crippen molar-refractivity contribution in [3.63, 3.8) is 0 Å². The molecule has 0 saturated heterocycles. The second-order valence-electron chi connectivity index (χ2n) is 3.55. The number of pyridine rings is 1. The molecule has 0 aliphatic carbocycles. The van der Waals surface area contributed by atoms with E-state index in [-0.39, 0.29) is 20.6 Å². The molecular formula is C11H7N3O4S2. The molecule has 9 heteroatoms. The van der Waals surface area contributed by atoms with Crippen LogP contribution in [0.15, 0.2) is 34.5 Å². The van der Waals surface area contributed by atoms with E-state index < -0.39 is 16.0 Å². The number of thiophene rings is 1. The highest BCUT2D eigenvalue weighted by molar-refractivity contribution is 7.94. The Labute approximate surface area is 118 Å². The first-order valence-electron chi connectivity index (χ1n) is 5.15. The van der Waals surface area contributed by atoms with E-state index in [4.69, 9.17) is 10.4 Å². The molecule has 0 aliphatic rings. The topological polar surface area (TPSA) is 120 Å². The van der Waals surface area contributed by atoms with E-state index in [2.05, 4.69) is 9.71 Å². The number of nitrogens with one attached hydrogen (secondary N) is 1. The van der Waals surface area contributed by atoms with Crippen LogP contribution in [-0.2, 0) is 10.0 Å². The van der Waals surface area contributed by atoms with Gasteiger partial charge in [-0.2, -0.15) is 5.26 Å². The van der Waals surface area contributed by atoms with Gasteiger partial charge in [-0.1, -0.05) is 6.07 Å². The van der Waals surface area contributed by atoms with E-state index in [1.807, 2.05) is 6.07 Å². The van der Waals surface area contributed by atoms with Crippen molar-refractivity contribution in [2.75, 3.05) is 4.72 Å². The first kappa shape index (κ1) is 14.0. The predicted octanol–water partition coefficient (Wildman–Crippen LogP) is 1.51. The van der Waals surface area contributed by atoms with E-state index in [9.17, 15) is 13.2 Å². The quantitative estimate of drug-likeness (QED) is 0.883. The minimum Gasteiger partial charge on any atom is -0.477 e. The molecule has 2 aromatic rings. The van der Waals surface area contributed by atoms with Gasteiger partial charge in [-0.15, -0.1) is 11.3 Å². The van der Waals surface area contributed by atoms with Gasteiger partial charge in [0.15, 0.2) is 5.69 Å². The van der Waals surface area contributed by atoms with Gasteiger partial charge >= 0.3 is 5.97 Å². The number of carboxylic acid groups (broad SMARTS) is 1. The van der Waals surface area contributed by atoms with Crippen LogP contribution in [0.2, 0.25) is 0 Å². The van der Waals surface area contributed by atoms with Crippen molar-refractivity contribution in [2.24, 2.45) is 0 Å². The molecule has 102 valence electrons. The minimum absolute atomic E-state index is 0.0448. The van der Waals surface area contributed by atoms with E-state index in [0.717, 1.165) is 11.3 Å². The van der Waals surface area contributed by atoms with Gasteiger partial charge in [0.25, 0.3) is 10.0 Å². The van der Waals surface area contributed by atoms with Gasteiger partial charge in [0.1, 0.15) is 21.0 Å². The third-order valence-electron chi connectivity index (χ3n) is 2.16. The number of aromatic carboxylic acids is 1. The molecule has 20 heavy (non-hydrogen) atoms. The second kappa shape index (κ2) is 5.28. The maximum Gasteiger partial charge on any atom is 0.354 e. The van der Waals surface area contributed by atoms with Crippen LogP contribution in [0, 0.1) is 11.3 Å². The number of rotatable bonds is 4. The largest absolute Gasteiger partial charge is 0.477 e. The van der Waals surface area contributed by atoms with Crippen LogP contribution in [0.3, 0.4) is 0 Å². The maximum atomic E-state index is 12.0. The number of nitriles is 1. The lowest BCUT2D eigenvalue weighted by Crippen LogP contribution is -2.13. The minimum atomic E-state index is -3.88. The molecule has 0 atom stereocenters. The summed E-state index contributed by atoms with van der Waals surface area (Å²) in [5.74, 6) is -1.36. The Morgan fingerprint density at radius 1 is 1.35 bits per heavy atom. The standard InChI is InChI=1S/C11H7N3O4S2/c12-6-7-4-5-10(19-7)20(17,18)14-9-3-1-2-8(13-9)11(15)16/h1-5H,(H,13,14)(H,15,16). The summed E-state index contributed by atoms with van der Waals surface area (Å²) in [5, 5.41) is 17.5. The molecule has 0 unspecified atom stereocenters. The number of anilines is 1. The molecule has 2 N–H and O–H groups in total. The third-order valence-corrected chi connectivity index (χ3v) is 5.00. The Kier molecular flexibility index (Phi) is 3.69. The summed E-state index contributed by atoms with van der Waals surface area (Å²) in [6.45, 7) is 0. The first-order chi connectivity index (χ1) is 9.42. The van der Waals surface area contributed by atoms with E-state index in [0.29, 0.717) is 0 Å². The molecule has 7 nitrogen and oxygen atoms in total. The zero-order valence-corrected chi connectivity index (χ0v) is 11.4. The van der Waals surface area contributed by atoms with Gasteiger partial charge in [-0.05, 0) is 24.3 Å². The zero-order valence-electron chi connectivity index (χ0n) is 9.77. The van der Waals surface area contributed by atoms with Crippen LogP contribution >= 0.6 is 11.3 Å². The van der Waals surface area contributed by atoms with E-state index >= 15 is 0 Å². The van der Waals surface area contributed by atoms with E-state index in [1.54, 1.807) is 0 Å². The number of carboxylic acids is 1. The maximum absolute atomic E-state index is 12.0. The normalized spacial score (nSPS) is 10.8. The smallest absolute Gasteiger partial charge is 0.354 e. The summed E-state index contributed by atoms with van der Waals surface area (Å²) in [6, 6.07) is 8.49. The number of sulfonamides is 1. The number of hydrogen-bond donors (Lipinski definition) is 2. The zero-order chi connectivity index (χ0) is 14.8. The van der Waals surface area contributed by atoms with Crippen LogP contribution in [0.5, 0.6) is 0 Å². The monoisotopic (exact) mass is 309 g/mol. The molecule has 2 heterocycles. The number of aromatic nitrogens is 1. The van der Waals surface area contributed by atoms with Gasteiger partial charge in [0.2, 0.25) is 0 Å². The fourth-order valence-corrected chi connectivity index (χ4v) is 3.43. The Hall–Kier alpha value is -2.44. The fraction of sp³-hybridized carbons (Fsp3) is 0. The molecule has 0 amide bonds. The summed E-state index contributed by atoms with van der Waals surface area (Å²) >= 11 is 0.814. The average molecular weight is 309 g/mol. The SMILES string of the molecule is N#Cc1ccc(S(=O)(=O)Nc2cccc(C(=O)O)n2)s1. The average Bonchev–Trinajstić information content (AvgIpc) is 2.88. The van der Waals surface area contributed by atoms with Crippen molar-refractivity contribution in [1.29, 1.82) is 5.26 Å². The summed E-state index contributed by atoms with van der Waals surface area (Å²) in [5.41, 5.74) is -0.269. The van der Waals surface area contributed by atoms with Crippen molar-refractivity contribution < 1.29 is 18.3 Å². The molecule has 0 radical (unpaired) electrons. The number of nitrogens with zero attached hydrogens (tertiary/aromatic N) is 2. The lowest BCUT2D eigenvalue weighted by molar-refractivity contribution is 0.0690. The Morgan fingerprint density at radius 3 is 2.70 bits per heavy atom. The Balaban J connectivity index is 2.31. The molecule has 0 aromatic carbocycles. The van der Waals surface area contributed by atoms with Crippen molar-refractivity contribution in [1.82, 2.24) is 4.98 Å². The summed E-state index contributed by atoms with van der Waals surface area (Å²) < 4.78 is 26.2. The first-order valence-corrected chi connectivity index (χ1v) is 7.45. The van der Waals surface area contributed by atoms with Crippen molar-refractivity contribution in [3.05, 3.63) is 40.9 Å². The van der Waals surface area contributed by atoms with Crippen molar-refractivity contribution in [2.45, 2.75) is 4.21 Å². The van der Waals surface area contributed by atoms with Gasteiger partial charge in [0.05, 0.1) is 0 Å². The molecule has 0 fully saturated rings. The second-order valence-corrected chi connectivity index (χ2v) is 6.54. The van der Waals surface area contributed by atoms with Gasteiger partial charge < -0.3 is 5.11 Å². The van der Waals surface area contributed by atoms with Crippen LogP contribution < -0.4 is 4.72 Å². The van der Waals surface area contributed by atoms with Crippen LogP contribution in [-0.4, -0.2) is 24.5 Å². The molecule has 0 bridgehead atoms. The highest BCUT2D eigenvalue weighted by atomic mass is 32.2. The van der Waals surface area contributed by atoms with E-state index in [1.165, 1.54) is 30.3 Å². The summed E-state index contributed by atoms with van der Waals surface area (Å²) in [4.78, 5) is 14.7. The van der Waals surface area contributed by atoms with Crippen LogP contribution in [0.4, 0.5) is 5.82 Å². The molecule has 0 saturated carbocycles. The molecular weight excluding hydrogens is 302 g/mol. The lowest BCUT2D eigenvalue weighted by atomic mass is 10.3. The fourth-order valence-electron chi connectivity index (χ4n) is 1.32. The van der Waals surface area contributed by atoms with Crippen LogP contribution in [0.1, 0.15) is 15.4 Å². The van der Waals surface area contributed by atoms with Gasteiger partial charge in [-0.25, -0.2) is 18.2 Å². The number of carbonyl (C=O) groups is 1. The molecule has 2 rings (SSSR count). The Morgan fingerprint density at radius 2 is 2.10 bits per heavy atom.